The normalized spacial score (nSPS) is 13.5. The Balaban J connectivity index is 2.26. The number of nitrogens with zero attached hydrogens (tertiary/aromatic N) is 2. The van der Waals surface area contributed by atoms with Gasteiger partial charge in [-0.3, -0.25) is 4.99 Å². The molecule has 0 aliphatic carbocycles. The molecule has 1 aromatic rings. The quantitative estimate of drug-likeness (QED) is 0.541. The molecule has 126 valence electrons. The van der Waals surface area contributed by atoms with Crippen LogP contribution in [0.3, 0.4) is 0 Å². The van der Waals surface area contributed by atoms with E-state index in [0.717, 1.165) is 32.0 Å². The molecule has 0 saturated heterocycles. The zero-order valence-electron chi connectivity index (χ0n) is 14.8. The van der Waals surface area contributed by atoms with Gasteiger partial charge >= 0.3 is 0 Å². The van der Waals surface area contributed by atoms with Gasteiger partial charge in [0.15, 0.2) is 5.96 Å². The molecule has 1 rings (SSSR count). The topological polar surface area (TPSA) is 39.7 Å². The number of nitrogens with one attached hydrogen (secondary N) is 2. The lowest BCUT2D eigenvalue weighted by Gasteiger charge is -2.21. The van der Waals surface area contributed by atoms with E-state index in [2.05, 4.69) is 60.4 Å². The highest BCUT2D eigenvalue weighted by Gasteiger charge is 2.07. The first-order chi connectivity index (χ1) is 10.6. The van der Waals surface area contributed by atoms with Crippen molar-refractivity contribution in [2.24, 2.45) is 4.99 Å². The Morgan fingerprint density at radius 3 is 2.59 bits per heavy atom. The molecule has 0 aliphatic heterocycles. The number of hydrogen-bond donors (Lipinski definition) is 2. The molecule has 0 bridgehead atoms. The second kappa shape index (κ2) is 10.6. The molecule has 0 saturated carbocycles. The van der Waals surface area contributed by atoms with Gasteiger partial charge in [0.1, 0.15) is 0 Å². The number of thiophene rings is 1. The van der Waals surface area contributed by atoms with Crippen LogP contribution in [0.1, 0.15) is 43.4 Å². The molecule has 5 heteroatoms. The van der Waals surface area contributed by atoms with E-state index in [1.54, 1.807) is 0 Å². The van der Waals surface area contributed by atoms with Crippen molar-refractivity contribution >= 4 is 17.3 Å². The molecule has 0 amide bonds. The van der Waals surface area contributed by atoms with Crippen molar-refractivity contribution in [3.8, 4) is 0 Å². The summed E-state index contributed by atoms with van der Waals surface area (Å²) >= 11 is 1.83. The summed E-state index contributed by atoms with van der Waals surface area (Å²) in [6, 6.07) is 4.77. The molecule has 1 unspecified atom stereocenters. The Morgan fingerprint density at radius 2 is 2.05 bits per heavy atom. The fraction of sp³-hybridized carbons (Fsp3) is 0.706. The fourth-order valence-electron chi connectivity index (χ4n) is 2.41. The third-order valence-corrected chi connectivity index (χ3v) is 4.84. The molecular formula is C17H32N4S. The minimum Gasteiger partial charge on any atom is -0.354 e. The van der Waals surface area contributed by atoms with E-state index in [-0.39, 0.29) is 0 Å². The van der Waals surface area contributed by atoms with Crippen LogP contribution >= 0.6 is 11.3 Å². The summed E-state index contributed by atoms with van der Waals surface area (Å²) in [5.74, 6) is 0.890. The van der Waals surface area contributed by atoms with Gasteiger partial charge in [-0.1, -0.05) is 13.8 Å². The van der Waals surface area contributed by atoms with Gasteiger partial charge in [0.2, 0.25) is 0 Å². The molecule has 0 fully saturated rings. The molecular weight excluding hydrogens is 292 g/mol. The average Bonchev–Trinajstić information content (AvgIpc) is 2.93. The maximum atomic E-state index is 4.31. The highest BCUT2D eigenvalue weighted by molar-refractivity contribution is 7.11. The summed E-state index contributed by atoms with van der Waals surface area (Å²) < 4.78 is 0. The van der Waals surface area contributed by atoms with E-state index in [9.17, 15) is 0 Å². The van der Waals surface area contributed by atoms with Crippen molar-refractivity contribution in [1.29, 1.82) is 0 Å². The Morgan fingerprint density at radius 1 is 1.32 bits per heavy atom. The maximum Gasteiger partial charge on any atom is 0.191 e. The van der Waals surface area contributed by atoms with Crippen molar-refractivity contribution in [3.63, 3.8) is 0 Å². The average molecular weight is 325 g/mol. The molecule has 2 N–H and O–H groups in total. The van der Waals surface area contributed by atoms with Gasteiger partial charge in [-0.15, -0.1) is 11.3 Å². The van der Waals surface area contributed by atoms with Gasteiger partial charge < -0.3 is 15.5 Å². The van der Waals surface area contributed by atoms with Crippen LogP contribution in [-0.4, -0.2) is 43.6 Å². The third kappa shape index (κ3) is 7.27. The molecule has 0 aromatic carbocycles. The number of rotatable bonds is 9. The Bertz CT molecular complexity index is 438. The van der Waals surface area contributed by atoms with Crippen LogP contribution in [0.25, 0.3) is 0 Å². The standard InChI is InChI=1S/C17H32N4S/c1-6-21(7-2)12-8-9-14(3)20-17(18-5)19-13-16-11-10-15(4)22-16/h10-11,14H,6-9,12-13H2,1-5H3,(H2,18,19,20). The van der Waals surface area contributed by atoms with Crippen LogP contribution in [-0.2, 0) is 6.54 Å². The van der Waals surface area contributed by atoms with Crippen molar-refractivity contribution in [2.45, 2.75) is 53.1 Å². The van der Waals surface area contributed by atoms with Gasteiger partial charge in [-0.2, -0.15) is 0 Å². The Kier molecular flexibility index (Phi) is 9.16. The molecule has 1 heterocycles. The minimum absolute atomic E-state index is 0.437. The summed E-state index contributed by atoms with van der Waals surface area (Å²) in [6.45, 7) is 13.1. The Hall–Kier alpha value is -1.07. The fourth-order valence-corrected chi connectivity index (χ4v) is 3.24. The number of hydrogen-bond acceptors (Lipinski definition) is 3. The molecule has 0 radical (unpaired) electrons. The summed E-state index contributed by atoms with van der Waals surface area (Å²) in [7, 11) is 1.83. The van der Waals surface area contributed by atoms with E-state index in [1.165, 1.54) is 22.7 Å². The second-order valence-corrected chi connectivity index (χ2v) is 7.03. The highest BCUT2D eigenvalue weighted by atomic mass is 32.1. The molecule has 0 spiro atoms. The van der Waals surface area contributed by atoms with Crippen LogP contribution in [0.4, 0.5) is 0 Å². The van der Waals surface area contributed by atoms with Crippen molar-refractivity contribution in [3.05, 3.63) is 21.9 Å². The van der Waals surface area contributed by atoms with Gasteiger partial charge in [-0.05, 0) is 58.5 Å². The zero-order valence-corrected chi connectivity index (χ0v) is 15.6. The lowest BCUT2D eigenvalue weighted by atomic mass is 10.2. The van der Waals surface area contributed by atoms with E-state index in [0.29, 0.717) is 6.04 Å². The summed E-state index contributed by atoms with van der Waals surface area (Å²) in [5, 5.41) is 6.87. The van der Waals surface area contributed by atoms with Crippen molar-refractivity contribution < 1.29 is 0 Å². The Labute approximate surface area is 140 Å². The minimum atomic E-state index is 0.437. The van der Waals surface area contributed by atoms with Crippen molar-refractivity contribution in [1.82, 2.24) is 15.5 Å². The predicted octanol–water partition coefficient (Wildman–Crippen LogP) is 3.23. The zero-order chi connectivity index (χ0) is 16.4. The van der Waals surface area contributed by atoms with Gasteiger partial charge in [0.05, 0.1) is 6.54 Å². The highest BCUT2D eigenvalue weighted by Crippen LogP contribution is 2.14. The van der Waals surface area contributed by atoms with Crippen LogP contribution < -0.4 is 10.6 Å². The first kappa shape index (κ1) is 19.0. The second-order valence-electron chi connectivity index (χ2n) is 5.65. The first-order valence-corrected chi connectivity index (χ1v) is 9.15. The molecule has 4 nitrogen and oxygen atoms in total. The molecule has 22 heavy (non-hydrogen) atoms. The van der Waals surface area contributed by atoms with Crippen LogP contribution in [0, 0.1) is 6.92 Å². The van der Waals surface area contributed by atoms with Gasteiger partial charge in [0, 0.05) is 22.8 Å². The molecule has 0 aliphatic rings. The van der Waals surface area contributed by atoms with E-state index in [1.807, 2.05) is 18.4 Å². The summed E-state index contributed by atoms with van der Waals surface area (Å²) in [5.41, 5.74) is 0. The van der Waals surface area contributed by atoms with Crippen LogP contribution in [0.5, 0.6) is 0 Å². The largest absolute Gasteiger partial charge is 0.354 e. The van der Waals surface area contributed by atoms with Crippen molar-refractivity contribution in [2.75, 3.05) is 26.7 Å². The van der Waals surface area contributed by atoms with Gasteiger partial charge in [0.25, 0.3) is 0 Å². The maximum absolute atomic E-state index is 4.31. The van der Waals surface area contributed by atoms with Gasteiger partial charge in [-0.25, -0.2) is 0 Å². The van der Waals surface area contributed by atoms with E-state index >= 15 is 0 Å². The molecule has 1 aromatic heterocycles. The first-order valence-electron chi connectivity index (χ1n) is 8.33. The summed E-state index contributed by atoms with van der Waals surface area (Å²) in [4.78, 5) is 9.48. The number of guanidine groups is 1. The molecule has 1 atom stereocenters. The number of aliphatic imine (C=N–C) groups is 1. The monoisotopic (exact) mass is 324 g/mol. The third-order valence-electron chi connectivity index (χ3n) is 3.84. The van der Waals surface area contributed by atoms with Crippen LogP contribution in [0.2, 0.25) is 0 Å². The van der Waals surface area contributed by atoms with E-state index < -0.39 is 0 Å². The SMILES string of the molecule is CCN(CC)CCCC(C)NC(=NC)NCc1ccc(C)s1. The summed E-state index contributed by atoms with van der Waals surface area (Å²) in [6.07, 6.45) is 2.38. The smallest absolute Gasteiger partial charge is 0.191 e. The lowest BCUT2D eigenvalue weighted by molar-refractivity contribution is 0.292. The predicted molar refractivity (Wildman–Crippen MR) is 98.9 cm³/mol. The van der Waals surface area contributed by atoms with Crippen LogP contribution in [0.15, 0.2) is 17.1 Å². The lowest BCUT2D eigenvalue weighted by Crippen LogP contribution is -2.42. The number of aryl methyl sites for hydroxylation is 1. The van der Waals surface area contributed by atoms with E-state index in [4.69, 9.17) is 0 Å².